The van der Waals surface area contributed by atoms with Gasteiger partial charge in [-0.3, -0.25) is 9.78 Å². The van der Waals surface area contributed by atoms with E-state index in [1.54, 1.807) is 0 Å². The summed E-state index contributed by atoms with van der Waals surface area (Å²) < 4.78 is 0. The van der Waals surface area contributed by atoms with Crippen LogP contribution in [0.3, 0.4) is 0 Å². The van der Waals surface area contributed by atoms with Crippen LogP contribution < -0.4 is 16.0 Å². The Balaban J connectivity index is 1.53. The average Bonchev–Trinajstić information content (AvgIpc) is 2.79. The Morgan fingerprint density at radius 1 is 1.10 bits per heavy atom. The molecular weight excluding hydrogens is 374 g/mol. The Labute approximate surface area is 179 Å². The van der Waals surface area contributed by atoms with Crippen molar-refractivity contribution in [2.75, 3.05) is 18.4 Å². The first kappa shape index (κ1) is 21.8. The number of amides is 1. The van der Waals surface area contributed by atoms with Gasteiger partial charge in [0.15, 0.2) is 5.96 Å². The van der Waals surface area contributed by atoms with Gasteiger partial charge in [-0.2, -0.15) is 0 Å². The molecule has 1 aromatic heterocycles. The maximum atomic E-state index is 12.5. The molecule has 2 aromatic rings. The predicted molar refractivity (Wildman–Crippen MR) is 122 cm³/mol. The van der Waals surface area contributed by atoms with Gasteiger partial charge in [0.1, 0.15) is 0 Å². The molecule has 1 fully saturated rings. The van der Waals surface area contributed by atoms with E-state index >= 15 is 0 Å². The van der Waals surface area contributed by atoms with Gasteiger partial charge in [-0.25, -0.2) is 4.99 Å². The molecule has 1 aromatic carbocycles. The number of hydrogen-bond donors (Lipinski definition) is 3. The number of nitrogens with zero attached hydrogens (tertiary/aromatic N) is 2. The van der Waals surface area contributed by atoms with Crippen LogP contribution in [-0.2, 0) is 17.8 Å². The summed E-state index contributed by atoms with van der Waals surface area (Å²) in [6.07, 6.45) is 8.24. The van der Waals surface area contributed by atoms with Crippen molar-refractivity contribution in [1.29, 1.82) is 0 Å². The zero-order valence-corrected chi connectivity index (χ0v) is 17.9. The molecule has 1 aliphatic carbocycles. The van der Waals surface area contributed by atoms with Gasteiger partial charge < -0.3 is 16.0 Å². The van der Waals surface area contributed by atoms with Crippen LogP contribution in [0.4, 0.5) is 5.69 Å². The number of nitrogens with one attached hydrogen (secondary N) is 3. The Morgan fingerprint density at radius 2 is 1.97 bits per heavy atom. The molecule has 0 radical (unpaired) electrons. The molecule has 1 saturated carbocycles. The van der Waals surface area contributed by atoms with E-state index in [1.807, 2.05) is 48.7 Å². The lowest BCUT2D eigenvalue weighted by molar-refractivity contribution is -0.120. The van der Waals surface area contributed by atoms with Gasteiger partial charge in [-0.1, -0.05) is 37.5 Å². The van der Waals surface area contributed by atoms with E-state index in [1.165, 1.54) is 6.42 Å². The fourth-order valence-corrected chi connectivity index (χ4v) is 3.72. The largest absolute Gasteiger partial charge is 0.357 e. The van der Waals surface area contributed by atoms with Crippen molar-refractivity contribution < 1.29 is 4.79 Å². The lowest BCUT2D eigenvalue weighted by Gasteiger charge is -2.20. The summed E-state index contributed by atoms with van der Waals surface area (Å²) in [5.41, 5.74) is 2.98. The van der Waals surface area contributed by atoms with Gasteiger partial charge in [-0.15, -0.1) is 0 Å². The molecule has 1 heterocycles. The van der Waals surface area contributed by atoms with Crippen molar-refractivity contribution >= 4 is 17.6 Å². The molecule has 30 heavy (non-hydrogen) atoms. The Hall–Kier alpha value is -2.89. The first-order chi connectivity index (χ1) is 14.7. The van der Waals surface area contributed by atoms with E-state index in [-0.39, 0.29) is 11.8 Å². The minimum atomic E-state index is 0.153. The molecule has 0 saturated heterocycles. The zero-order valence-electron chi connectivity index (χ0n) is 17.9. The van der Waals surface area contributed by atoms with Crippen molar-refractivity contribution in [2.24, 2.45) is 10.9 Å². The lowest BCUT2D eigenvalue weighted by atomic mass is 9.88. The highest BCUT2D eigenvalue weighted by Gasteiger charge is 2.20. The number of carbonyl (C=O) groups excluding carboxylic acids is 1. The van der Waals surface area contributed by atoms with Gasteiger partial charge in [0.05, 0.1) is 6.54 Å². The van der Waals surface area contributed by atoms with E-state index in [0.717, 1.165) is 68.1 Å². The van der Waals surface area contributed by atoms with E-state index in [4.69, 9.17) is 0 Å². The number of pyridine rings is 1. The van der Waals surface area contributed by atoms with E-state index in [2.05, 4.69) is 32.9 Å². The number of carbonyl (C=O) groups is 1. The number of rotatable bonds is 8. The molecule has 1 amide bonds. The van der Waals surface area contributed by atoms with Crippen LogP contribution in [0.5, 0.6) is 0 Å². The molecule has 160 valence electrons. The van der Waals surface area contributed by atoms with E-state index < -0.39 is 0 Å². The van der Waals surface area contributed by atoms with Gasteiger partial charge in [0, 0.05) is 43.0 Å². The molecule has 3 rings (SSSR count). The fourth-order valence-electron chi connectivity index (χ4n) is 3.72. The molecule has 0 aliphatic heterocycles. The number of hydrogen-bond acceptors (Lipinski definition) is 3. The summed E-state index contributed by atoms with van der Waals surface area (Å²) in [6.45, 7) is 4.16. The summed E-state index contributed by atoms with van der Waals surface area (Å²) in [4.78, 5) is 21.5. The molecule has 1 aliphatic rings. The highest BCUT2D eigenvalue weighted by atomic mass is 16.1. The monoisotopic (exact) mass is 407 g/mol. The molecule has 6 nitrogen and oxygen atoms in total. The molecule has 3 N–H and O–H groups in total. The summed E-state index contributed by atoms with van der Waals surface area (Å²) in [6, 6.07) is 13.9. The van der Waals surface area contributed by atoms with Crippen molar-refractivity contribution in [3.8, 4) is 0 Å². The van der Waals surface area contributed by atoms with Gasteiger partial charge >= 0.3 is 0 Å². The van der Waals surface area contributed by atoms with Crippen molar-refractivity contribution in [2.45, 2.75) is 52.0 Å². The summed E-state index contributed by atoms with van der Waals surface area (Å²) >= 11 is 0. The Bertz CT molecular complexity index is 815. The molecule has 0 unspecified atom stereocenters. The number of guanidine groups is 1. The van der Waals surface area contributed by atoms with Crippen molar-refractivity contribution in [3.63, 3.8) is 0 Å². The van der Waals surface area contributed by atoms with Crippen molar-refractivity contribution in [3.05, 3.63) is 59.9 Å². The maximum Gasteiger partial charge on any atom is 0.227 e. The zero-order chi connectivity index (χ0) is 21.0. The molecule has 6 heteroatoms. The standard InChI is InChI=1S/C24H33N5O/c1-2-25-24(27-16-14-21-12-6-7-15-26-21)28-18-19-9-8-13-22(17-19)29-23(30)20-10-4-3-5-11-20/h6-9,12-13,15,17,20H,2-5,10-11,14,16,18H2,1H3,(H,29,30)(H2,25,27,28). The van der Waals surface area contributed by atoms with E-state index in [9.17, 15) is 4.79 Å². The quantitative estimate of drug-likeness (QED) is 0.458. The number of anilines is 1. The van der Waals surface area contributed by atoms with Crippen LogP contribution in [0.2, 0.25) is 0 Å². The SMILES string of the molecule is CCNC(=NCc1cccc(NC(=O)C2CCCCC2)c1)NCCc1ccccn1. The van der Waals surface area contributed by atoms with Crippen LogP contribution >= 0.6 is 0 Å². The highest BCUT2D eigenvalue weighted by molar-refractivity contribution is 5.92. The Morgan fingerprint density at radius 3 is 2.73 bits per heavy atom. The summed E-state index contributed by atoms with van der Waals surface area (Å²) in [7, 11) is 0. The topological polar surface area (TPSA) is 78.4 Å². The summed E-state index contributed by atoms with van der Waals surface area (Å²) in [5, 5.41) is 9.73. The third kappa shape index (κ3) is 7.17. The maximum absolute atomic E-state index is 12.5. The van der Waals surface area contributed by atoms with Crippen LogP contribution in [0, 0.1) is 5.92 Å². The second-order valence-corrected chi connectivity index (χ2v) is 7.72. The first-order valence-electron chi connectivity index (χ1n) is 11.1. The van der Waals surface area contributed by atoms with Crippen LogP contribution in [-0.4, -0.2) is 29.9 Å². The molecule has 0 atom stereocenters. The number of benzene rings is 1. The molecule has 0 bridgehead atoms. The van der Waals surface area contributed by atoms with Gasteiger partial charge in [0.25, 0.3) is 0 Å². The third-order valence-corrected chi connectivity index (χ3v) is 5.33. The second-order valence-electron chi connectivity index (χ2n) is 7.72. The number of aromatic nitrogens is 1. The minimum absolute atomic E-state index is 0.153. The van der Waals surface area contributed by atoms with Crippen LogP contribution in [0.25, 0.3) is 0 Å². The van der Waals surface area contributed by atoms with E-state index in [0.29, 0.717) is 6.54 Å². The third-order valence-electron chi connectivity index (χ3n) is 5.33. The minimum Gasteiger partial charge on any atom is -0.357 e. The van der Waals surface area contributed by atoms with Crippen molar-refractivity contribution in [1.82, 2.24) is 15.6 Å². The fraction of sp³-hybridized carbons (Fsp3) is 0.458. The molecular formula is C24H33N5O. The summed E-state index contributed by atoms with van der Waals surface area (Å²) in [5.74, 6) is 1.09. The lowest BCUT2D eigenvalue weighted by Crippen LogP contribution is -2.38. The van der Waals surface area contributed by atoms with Gasteiger partial charge in [-0.05, 0) is 49.6 Å². The van der Waals surface area contributed by atoms with Crippen LogP contribution in [0.15, 0.2) is 53.7 Å². The Kier molecular flexibility index (Phi) is 8.69. The molecule has 0 spiro atoms. The predicted octanol–water partition coefficient (Wildman–Crippen LogP) is 3.90. The van der Waals surface area contributed by atoms with Crippen LogP contribution in [0.1, 0.15) is 50.3 Å². The normalized spacial score (nSPS) is 14.9. The average molecular weight is 408 g/mol. The highest BCUT2D eigenvalue weighted by Crippen LogP contribution is 2.25. The number of aliphatic imine (C=N–C) groups is 1. The smallest absolute Gasteiger partial charge is 0.227 e. The van der Waals surface area contributed by atoms with Gasteiger partial charge in [0.2, 0.25) is 5.91 Å². The first-order valence-corrected chi connectivity index (χ1v) is 11.1. The second kappa shape index (κ2) is 12.0.